The van der Waals surface area contributed by atoms with Crippen LogP contribution in [0.15, 0.2) is 18.2 Å². The highest BCUT2D eigenvalue weighted by atomic mass is 16.5. The Kier molecular flexibility index (Phi) is 8.46. The number of methoxy groups -OCH3 is 1. The van der Waals surface area contributed by atoms with E-state index in [2.05, 4.69) is 19.1 Å². The van der Waals surface area contributed by atoms with Crippen LogP contribution in [-0.4, -0.2) is 13.7 Å². The van der Waals surface area contributed by atoms with Gasteiger partial charge in [-0.15, -0.1) is 0 Å². The van der Waals surface area contributed by atoms with Crippen molar-refractivity contribution < 1.29 is 4.74 Å². The number of hydrogen-bond donors (Lipinski definition) is 2. The molecule has 3 nitrogen and oxygen atoms in total. The average molecular weight is 238 g/mol. The monoisotopic (exact) mass is 238 g/mol. The Labute approximate surface area is 105 Å². The molecular weight excluding hydrogens is 212 g/mol. The van der Waals surface area contributed by atoms with E-state index in [4.69, 9.17) is 10.5 Å². The van der Waals surface area contributed by atoms with E-state index in [-0.39, 0.29) is 6.15 Å². The van der Waals surface area contributed by atoms with Crippen LogP contribution in [0.5, 0.6) is 0 Å². The third-order valence-electron chi connectivity index (χ3n) is 2.90. The van der Waals surface area contributed by atoms with E-state index in [0.29, 0.717) is 0 Å². The van der Waals surface area contributed by atoms with E-state index in [0.717, 1.165) is 18.7 Å². The van der Waals surface area contributed by atoms with Crippen molar-refractivity contribution in [2.45, 2.75) is 39.0 Å². The summed E-state index contributed by atoms with van der Waals surface area (Å²) in [5.41, 5.74) is 9.27. The molecule has 98 valence electrons. The molecule has 0 aliphatic carbocycles. The maximum Gasteiger partial charge on any atom is 0.0462 e. The van der Waals surface area contributed by atoms with Gasteiger partial charge in [0.2, 0.25) is 0 Å². The van der Waals surface area contributed by atoms with Gasteiger partial charge in [-0.3, -0.25) is 0 Å². The summed E-state index contributed by atoms with van der Waals surface area (Å²) < 4.78 is 5.02. The first-order valence-electron chi connectivity index (χ1n) is 6.08. The van der Waals surface area contributed by atoms with Gasteiger partial charge in [-0.25, -0.2) is 0 Å². The van der Waals surface area contributed by atoms with Crippen LogP contribution in [0.2, 0.25) is 0 Å². The SMILES string of the molecule is COCCCCCCc1ccc(N)c(C)c1.N. The van der Waals surface area contributed by atoms with Crippen molar-refractivity contribution in [1.82, 2.24) is 6.15 Å². The summed E-state index contributed by atoms with van der Waals surface area (Å²) in [7, 11) is 1.76. The number of nitrogens with two attached hydrogens (primary N) is 1. The fourth-order valence-electron chi connectivity index (χ4n) is 1.82. The Hall–Kier alpha value is -1.06. The summed E-state index contributed by atoms with van der Waals surface area (Å²) in [6.45, 7) is 2.96. The van der Waals surface area contributed by atoms with Crippen molar-refractivity contribution in [3.8, 4) is 0 Å². The Morgan fingerprint density at radius 1 is 1.12 bits per heavy atom. The number of ether oxygens (including phenoxy) is 1. The van der Waals surface area contributed by atoms with Gasteiger partial charge in [0.15, 0.2) is 0 Å². The minimum atomic E-state index is 0. The Morgan fingerprint density at radius 2 is 1.82 bits per heavy atom. The van der Waals surface area contributed by atoms with Crippen molar-refractivity contribution >= 4 is 5.69 Å². The van der Waals surface area contributed by atoms with Crippen molar-refractivity contribution in [3.05, 3.63) is 29.3 Å². The summed E-state index contributed by atoms with van der Waals surface area (Å²) in [5, 5.41) is 0. The van der Waals surface area contributed by atoms with E-state index < -0.39 is 0 Å². The van der Waals surface area contributed by atoms with Crippen molar-refractivity contribution in [3.63, 3.8) is 0 Å². The number of unbranched alkanes of at least 4 members (excludes halogenated alkanes) is 3. The lowest BCUT2D eigenvalue weighted by Crippen LogP contribution is -1.93. The number of aryl methyl sites for hydroxylation is 2. The molecule has 0 amide bonds. The number of nitrogen functional groups attached to an aromatic ring is 1. The summed E-state index contributed by atoms with van der Waals surface area (Å²) in [6, 6.07) is 6.34. The largest absolute Gasteiger partial charge is 0.399 e. The summed E-state index contributed by atoms with van der Waals surface area (Å²) in [6.07, 6.45) is 6.15. The number of hydrogen-bond acceptors (Lipinski definition) is 3. The first-order valence-corrected chi connectivity index (χ1v) is 6.08. The molecule has 0 spiro atoms. The lowest BCUT2D eigenvalue weighted by atomic mass is 10.0. The Bertz CT molecular complexity index is 313. The van der Waals surface area contributed by atoms with E-state index in [9.17, 15) is 0 Å². The molecule has 0 aliphatic heterocycles. The van der Waals surface area contributed by atoms with Crippen LogP contribution < -0.4 is 11.9 Å². The predicted molar refractivity (Wildman–Crippen MR) is 74.7 cm³/mol. The molecule has 0 heterocycles. The van der Waals surface area contributed by atoms with Gasteiger partial charge >= 0.3 is 0 Å². The zero-order chi connectivity index (χ0) is 11.8. The molecule has 0 unspecified atom stereocenters. The third-order valence-corrected chi connectivity index (χ3v) is 2.90. The summed E-state index contributed by atoms with van der Waals surface area (Å²) in [5.74, 6) is 0. The molecule has 0 aromatic heterocycles. The highest BCUT2D eigenvalue weighted by Gasteiger charge is 1.97. The van der Waals surface area contributed by atoms with E-state index >= 15 is 0 Å². The predicted octanol–water partition coefficient (Wildman–Crippen LogP) is 3.49. The molecule has 0 atom stereocenters. The van der Waals surface area contributed by atoms with E-state index in [1.54, 1.807) is 7.11 Å². The molecule has 5 N–H and O–H groups in total. The van der Waals surface area contributed by atoms with Gasteiger partial charge < -0.3 is 16.6 Å². The van der Waals surface area contributed by atoms with E-state index in [1.807, 2.05) is 6.07 Å². The third kappa shape index (κ3) is 6.29. The second-order valence-electron chi connectivity index (χ2n) is 4.35. The summed E-state index contributed by atoms with van der Waals surface area (Å²) >= 11 is 0. The van der Waals surface area contributed by atoms with Gasteiger partial charge in [-0.2, -0.15) is 0 Å². The Morgan fingerprint density at radius 3 is 2.47 bits per heavy atom. The van der Waals surface area contributed by atoms with Crippen LogP contribution in [0, 0.1) is 6.92 Å². The van der Waals surface area contributed by atoms with Gasteiger partial charge in [0.05, 0.1) is 0 Å². The van der Waals surface area contributed by atoms with Crippen LogP contribution in [0.1, 0.15) is 36.8 Å². The topological polar surface area (TPSA) is 70.2 Å². The lowest BCUT2D eigenvalue weighted by Gasteiger charge is -2.05. The standard InChI is InChI=1S/C14H23NO.H3N/c1-12-11-13(8-9-14(12)15)7-5-3-4-6-10-16-2;/h8-9,11H,3-7,10,15H2,1-2H3;1H3. The molecule has 0 bridgehead atoms. The molecule has 1 aromatic carbocycles. The van der Waals surface area contributed by atoms with Gasteiger partial charge in [-0.1, -0.05) is 25.0 Å². The molecule has 0 aliphatic rings. The van der Waals surface area contributed by atoms with Gasteiger partial charge in [0.25, 0.3) is 0 Å². The normalized spacial score (nSPS) is 10.0. The minimum Gasteiger partial charge on any atom is -0.399 e. The van der Waals surface area contributed by atoms with Crippen LogP contribution in [0.3, 0.4) is 0 Å². The molecule has 3 heteroatoms. The minimum absolute atomic E-state index is 0. The molecule has 17 heavy (non-hydrogen) atoms. The average Bonchev–Trinajstić information content (AvgIpc) is 2.28. The molecular formula is C14H26N2O. The highest BCUT2D eigenvalue weighted by Crippen LogP contribution is 2.15. The zero-order valence-electron chi connectivity index (χ0n) is 11.2. The first kappa shape index (κ1) is 15.9. The van der Waals surface area contributed by atoms with Crippen LogP contribution in [0.25, 0.3) is 0 Å². The first-order chi connectivity index (χ1) is 7.74. The number of rotatable bonds is 7. The second kappa shape index (κ2) is 9.02. The zero-order valence-corrected chi connectivity index (χ0v) is 11.2. The van der Waals surface area contributed by atoms with Crippen LogP contribution in [-0.2, 0) is 11.2 Å². The highest BCUT2D eigenvalue weighted by molar-refractivity contribution is 5.47. The van der Waals surface area contributed by atoms with Gasteiger partial charge in [-0.05, 0) is 43.4 Å². The fourth-order valence-corrected chi connectivity index (χ4v) is 1.82. The molecule has 0 radical (unpaired) electrons. The molecule has 1 aromatic rings. The molecule has 0 saturated heterocycles. The maximum absolute atomic E-state index is 5.78. The molecule has 1 rings (SSSR count). The summed E-state index contributed by atoms with van der Waals surface area (Å²) in [4.78, 5) is 0. The van der Waals surface area contributed by atoms with Crippen molar-refractivity contribution in [2.24, 2.45) is 0 Å². The molecule has 0 fully saturated rings. The number of anilines is 1. The van der Waals surface area contributed by atoms with Gasteiger partial charge in [0, 0.05) is 19.4 Å². The second-order valence-corrected chi connectivity index (χ2v) is 4.35. The fraction of sp³-hybridized carbons (Fsp3) is 0.571. The molecule has 0 saturated carbocycles. The quantitative estimate of drug-likeness (QED) is 0.564. The Balaban J connectivity index is 0.00000256. The lowest BCUT2D eigenvalue weighted by molar-refractivity contribution is 0.192. The number of benzene rings is 1. The van der Waals surface area contributed by atoms with Crippen LogP contribution in [0.4, 0.5) is 5.69 Å². The smallest absolute Gasteiger partial charge is 0.0462 e. The van der Waals surface area contributed by atoms with Crippen molar-refractivity contribution in [1.29, 1.82) is 0 Å². The van der Waals surface area contributed by atoms with E-state index in [1.165, 1.54) is 36.8 Å². The van der Waals surface area contributed by atoms with Gasteiger partial charge in [0.1, 0.15) is 0 Å². The van der Waals surface area contributed by atoms with Crippen LogP contribution >= 0.6 is 0 Å². The van der Waals surface area contributed by atoms with Crippen molar-refractivity contribution in [2.75, 3.05) is 19.5 Å². The maximum atomic E-state index is 5.78.